The van der Waals surface area contributed by atoms with Crippen LogP contribution in [0.2, 0.25) is 0 Å². The van der Waals surface area contributed by atoms with Crippen molar-refractivity contribution < 1.29 is 18.0 Å². The van der Waals surface area contributed by atoms with E-state index in [1.165, 1.54) is 31.4 Å². The van der Waals surface area contributed by atoms with Crippen LogP contribution in [0.4, 0.5) is 4.79 Å². The first-order valence-corrected chi connectivity index (χ1v) is 12.2. The monoisotopic (exact) mass is 436 g/mol. The normalized spacial score (nSPS) is 18.5. The predicted molar refractivity (Wildman–Crippen MR) is 115 cm³/mol. The van der Waals surface area contributed by atoms with Crippen molar-refractivity contribution in [1.29, 1.82) is 0 Å². The zero-order valence-corrected chi connectivity index (χ0v) is 18.6. The maximum Gasteiger partial charge on any atom is 0.317 e. The predicted octanol–water partition coefficient (Wildman–Crippen LogP) is 2.17. The number of carbonyl (C=O) groups excluding carboxylic acids is 2. The van der Waals surface area contributed by atoms with E-state index in [-0.39, 0.29) is 28.9 Å². The number of amides is 3. The molecule has 1 aromatic carbocycles. The van der Waals surface area contributed by atoms with Crippen LogP contribution in [0, 0.1) is 0 Å². The number of benzene rings is 1. The summed E-state index contributed by atoms with van der Waals surface area (Å²) in [7, 11) is -3.58. The Hall–Kier alpha value is -2.13. The van der Waals surface area contributed by atoms with Gasteiger partial charge < -0.3 is 15.1 Å². The summed E-state index contributed by atoms with van der Waals surface area (Å²) < 4.78 is 27.0. The van der Waals surface area contributed by atoms with Gasteiger partial charge in [0.25, 0.3) is 5.91 Å². The number of urea groups is 1. The lowest BCUT2D eigenvalue weighted by molar-refractivity contribution is 0.0662. The van der Waals surface area contributed by atoms with E-state index in [1.54, 1.807) is 35.8 Å². The first-order chi connectivity index (χ1) is 14.3. The standard InChI is InChI=1S/C21H32N4O4S/c1-16(2)23-30(28,29)19-10-8-17(9-11-19)20(26)24-12-14-25(15-13-24)21(27)22-18-6-4-3-5-7-18/h8-11,16,18,23H,3-7,12-15H2,1-2H3,(H,22,27). The van der Waals surface area contributed by atoms with Crippen LogP contribution in [0.5, 0.6) is 0 Å². The molecule has 166 valence electrons. The number of sulfonamides is 1. The molecular weight excluding hydrogens is 404 g/mol. The molecule has 1 aromatic rings. The summed E-state index contributed by atoms with van der Waals surface area (Å²) in [6.45, 7) is 5.43. The highest BCUT2D eigenvalue weighted by Crippen LogP contribution is 2.18. The minimum atomic E-state index is -3.58. The van der Waals surface area contributed by atoms with Gasteiger partial charge >= 0.3 is 6.03 Å². The summed E-state index contributed by atoms with van der Waals surface area (Å²) in [4.78, 5) is 28.9. The number of rotatable bonds is 5. The maximum atomic E-state index is 12.8. The van der Waals surface area contributed by atoms with Crippen LogP contribution in [0.3, 0.4) is 0 Å². The van der Waals surface area contributed by atoms with Gasteiger partial charge in [-0.05, 0) is 51.0 Å². The number of nitrogens with one attached hydrogen (secondary N) is 2. The summed E-state index contributed by atoms with van der Waals surface area (Å²) in [5, 5.41) is 3.12. The third-order valence-electron chi connectivity index (χ3n) is 5.59. The molecule has 1 aliphatic carbocycles. The lowest BCUT2D eigenvalue weighted by Crippen LogP contribution is -2.54. The van der Waals surface area contributed by atoms with Gasteiger partial charge in [0.1, 0.15) is 0 Å². The fourth-order valence-corrected chi connectivity index (χ4v) is 5.21. The number of piperazine rings is 1. The molecule has 3 amide bonds. The van der Waals surface area contributed by atoms with Gasteiger partial charge in [0, 0.05) is 43.8 Å². The molecule has 0 atom stereocenters. The first kappa shape index (κ1) is 22.6. The van der Waals surface area contributed by atoms with Crippen LogP contribution in [0.15, 0.2) is 29.2 Å². The molecule has 2 aliphatic rings. The fourth-order valence-electron chi connectivity index (χ4n) is 3.96. The van der Waals surface area contributed by atoms with Gasteiger partial charge in [0.2, 0.25) is 10.0 Å². The van der Waals surface area contributed by atoms with Gasteiger partial charge in [-0.3, -0.25) is 4.79 Å². The number of nitrogens with zero attached hydrogens (tertiary/aromatic N) is 2. The summed E-state index contributed by atoms with van der Waals surface area (Å²) in [5.41, 5.74) is 0.443. The van der Waals surface area contributed by atoms with Crippen molar-refractivity contribution in [3.8, 4) is 0 Å². The van der Waals surface area contributed by atoms with Gasteiger partial charge in [0.15, 0.2) is 0 Å². The van der Waals surface area contributed by atoms with E-state index in [4.69, 9.17) is 0 Å². The number of hydrogen-bond acceptors (Lipinski definition) is 4. The number of hydrogen-bond donors (Lipinski definition) is 2. The van der Waals surface area contributed by atoms with E-state index >= 15 is 0 Å². The highest BCUT2D eigenvalue weighted by Gasteiger charge is 2.27. The lowest BCUT2D eigenvalue weighted by Gasteiger charge is -2.36. The van der Waals surface area contributed by atoms with Crippen LogP contribution >= 0.6 is 0 Å². The Bertz CT molecular complexity index is 840. The molecule has 1 heterocycles. The minimum Gasteiger partial charge on any atom is -0.335 e. The quantitative estimate of drug-likeness (QED) is 0.739. The summed E-state index contributed by atoms with van der Waals surface area (Å²) in [6, 6.07) is 6.01. The van der Waals surface area contributed by atoms with Crippen molar-refractivity contribution in [3.05, 3.63) is 29.8 Å². The first-order valence-electron chi connectivity index (χ1n) is 10.7. The molecule has 0 radical (unpaired) electrons. The van der Waals surface area contributed by atoms with Gasteiger partial charge in [0.05, 0.1) is 4.90 Å². The molecule has 3 rings (SSSR count). The van der Waals surface area contributed by atoms with Crippen molar-refractivity contribution in [2.75, 3.05) is 26.2 Å². The summed E-state index contributed by atoms with van der Waals surface area (Å²) in [5.74, 6) is -0.150. The Balaban J connectivity index is 1.53. The van der Waals surface area contributed by atoms with E-state index in [0.29, 0.717) is 31.7 Å². The molecule has 2 fully saturated rings. The molecule has 0 spiro atoms. The highest BCUT2D eigenvalue weighted by atomic mass is 32.2. The lowest BCUT2D eigenvalue weighted by atomic mass is 9.96. The molecule has 0 aromatic heterocycles. The second kappa shape index (κ2) is 9.78. The molecule has 9 heteroatoms. The Morgan fingerprint density at radius 3 is 2.07 bits per heavy atom. The Labute approximate surface area is 179 Å². The number of carbonyl (C=O) groups is 2. The molecule has 1 aliphatic heterocycles. The summed E-state index contributed by atoms with van der Waals surface area (Å²) >= 11 is 0. The molecular formula is C21H32N4O4S. The van der Waals surface area contributed by atoms with E-state index in [0.717, 1.165) is 12.8 Å². The molecule has 8 nitrogen and oxygen atoms in total. The Morgan fingerprint density at radius 2 is 1.50 bits per heavy atom. The van der Waals surface area contributed by atoms with Crippen molar-refractivity contribution >= 4 is 22.0 Å². The minimum absolute atomic E-state index is 0.0405. The van der Waals surface area contributed by atoms with Crippen LogP contribution < -0.4 is 10.0 Å². The van der Waals surface area contributed by atoms with Crippen molar-refractivity contribution in [2.24, 2.45) is 0 Å². The Kier molecular flexibility index (Phi) is 7.36. The largest absolute Gasteiger partial charge is 0.335 e. The van der Waals surface area contributed by atoms with Crippen LogP contribution in [0.1, 0.15) is 56.3 Å². The second-order valence-corrected chi connectivity index (χ2v) is 10.1. The molecule has 0 bridgehead atoms. The molecule has 1 saturated carbocycles. The van der Waals surface area contributed by atoms with Crippen LogP contribution in [-0.2, 0) is 10.0 Å². The van der Waals surface area contributed by atoms with E-state index in [2.05, 4.69) is 10.0 Å². The molecule has 30 heavy (non-hydrogen) atoms. The third-order valence-corrected chi connectivity index (χ3v) is 7.26. The second-order valence-electron chi connectivity index (χ2n) is 8.36. The van der Waals surface area contributed by atoms with Crippen molar-refractivity contribution in [1.82, 2.24) is 19.8 Å². The average molecular weight is 437 g/mol. The molecule has 2 N–H and O–H groups in total. The molecule has 0 unspecified atom stereocenters. The highest BCUT2D eigenvalue weighted by molar-refractivity contribution is 7.89. The zero-order chi connectivity index (χ0) is 21.7. The average Bonchev–Trinajstić information content (AvgIpc) is 2.73. The smallest absolute Gasteiger partial charge is 0.317 e. The van der Waals surface area contributed by atoms with Gasteiger partial charge in [-0.25, -0.2) is 17.9 Å². The van der Waals surface area contributed by atoms with Crippen LogP contribution in [-0.4, -0.2) is 68.4 Å². The molecule has 1 saturated heterocycles. The van der Waals surface area contributed by atoms with Gasteiger partial charge in [-0.1, -0.05) is 19.3 Å². The van der Waals surface area contributed by atoms with Gasteiger partial charge in [-0.15, -0.1) is 0 Å². The van der Waals surface area contributed by atoms with E-state index in [9.17, 15) is 18.0 Å². The Morgan fingerprint density at radius 1 is 0.933 bits per heavy atom. The van der Waals surface area contributed by atoms with E-state index < -0.39 is 10.0 Å². The van der Waals surface area contributed by atoms with Crippen molar-refractivity contribution in [2.45, 2.75) is 62.9 Å². The third kappa shape index (κ3) is 5.72. The van der Waals surface area contributed by atoms with Gasteiger partial charge in [-0.2, -0.15) is 0 Å². The van der Waals surface area contributed by atoms with Crippen LogP contribution in [0.25, 0.3) is 0 Å². The summed E-state index contributed by atoms with van der Waals surface area (Å²) in [6.07, 6.45) is 5.67. The zero-order valence-electron chi connectivity index (χ0n) is 17.8. The van der Waals surface area contributed by atoms with E-state index in [1.807, 2.05) is 0 Å². The maximum absolute atomic E-state index is 12.8. The van der Waals surface area contributed by atoms with Crippen molar-refractivity contribution in [3.63, 3.8) is 0 Å². The topological polar surface area (TPSA) is 98.8 Å². The fraction of sp³-hybridized carbons (Fsp3) is 0.619. The SMILES string of the molecule is CC(C)NS(=O)(=O)c1ccc(C(=O)N2CCN(C(=O)NC3CCCCC3)CC2)cc1.